The second-order valence-corrected chi connectivity index (χ2v) is 4.19. The molecule has 0 bridgehead atoms. The van der Waals surface area contributed by atoms with E-state index in [-0.39, 0.29) is 12.3 Å². The maximum atomic E-state index is 10.8. The maximum Gasteiger partial charge on any atom is 0.273 e. The number of aliphatic hydroxyl groups is 1. The zero-order chi connectivity index (χ0) is 13.5. The fourth-order valence-electron chi connectivity index (χ4n) is 1.78. The first kappa shape index (κ1) is 14.6. The molecule has 18 heavy (non-hydrogen) atoms. The number of nitrogens with zero attached hydrogens (tertiary/aromatic N) is 2. The highest BCUT2D eigenvalue weighted by Crippen LogP contribution is 2.18. The van der Waals surface area contributed by atoms with Crippen LogP contribution in [0.5, 0.6) is 0 Å². The monoisotopic (exact) mass is 254 g/mol. The first-order valence-corrected chi connectivity index (χ1v) is 5.62. The fraction of sp³-hybridized carbons (Fsp3) is 0.500. The van der Waals surface area contributed by atoms with E-state index in [4.69, 9.17) is 4.74 Å². The van der Waals surface area contributed by atoms with Gasteiger partial charge in [0, 0.05) is 31.8 Å². The van der Waals surface area contributed by atoms with Gasteiger partial charge in [0.25, 0.3) is 5.69 Å². The van der Waals surface area contributed by atoms with E-state index in [1.807, 2.05) is 4.90 Å². The molecule has 0 fully saturated rings. The Kier molecular flexibility index (Phi) is 5.70. The number of nitro benzene ring substituents is 1. The molecule has 0 saturated carbocycles. The summed E-state index contributed by atoms with van der Waals surface area (Å²) in [6.07, 6.45) is -0.595. The molecule has 0 radical (unpaired) electrons. The number of ether oxygens (including phenoxy) is 1. The van der Waals surface area contributed by atoms with Gasteiger partial charge in [-0.1, -0.05) is 18.2 Å². The Hall–Kier alpha value is -1.50. The van der Waals surface area contributed by atoms with E-state index >= 15 is 0 Å². The highest BCUT2D eigenvalue weighted by molar-refractivity contribution is 5.39. The molecule has 0 heterocycles. The molecule has 0 aliphatic heterocycles. The van der Waals surface area contributed by atoms with Crippen molar-refractivity contribution in [2.45, 2.75) is 12.6 Å². The van der Waals surface area contributed by atoms with Crippen LogP contribution in [0.2, 0.25) is 0 Å². The van der Waals surface area contributed by atoms with Crippen LogP contribution in [0.1, 0.15) is 5.56 Å². The molecule has 6 heteroatoms. The lowest BCUT2D eigenvalue weighted by Gasteiger charge is -2.20. The number of benzene rings is 1. The molecule has 100 valence electrons. The van der Waals surface area contributed by atoms with Gasteiger partial charge in [0.15, 0.2) is 0 Å². The third kappa shape index (κ3) is 4.40. The van der Waals surface area contributed by atoms with Crippen LogP contribution in [0.3, 0.4) is 0 Å². The third-order valence-electron chi connectivity index (χ3n) is 2.51. The summed E-state index contributed by atoms with van der Waals surface area (Å²) in [6.45, 7) is 1.07. The summed E-state index contributed by atoms with van der Waals surface area (Å²) in [6, 6.07) is 6.61. The van der Waals surface area contributed by atoms with Crippen molar-refractivity contribution in [1.82, 2.24) is 4.90 Å². The molecule has 1 unspecified atom stereocenters. The topological polar surface area (TPSA) is 75.8 Å². The first-order valence-electron chi connectivity index (χ1n) is 5.62. The predicted molar refractivity (Wildman–Crippen MR) is 67.3 cm³/mol. The Morgan fingerprint density at radius 2 is 2.17 bits per heavy atom. The second-order valence-electron chi connectivity index (χ2n) is 4.19. The molecule has 6 nitrogen and oxygen atoms in total. The standard InChI is InChI=1S/C12H18N2O4/c1-13(8-11(15)9-18-2)7-10-5-3-4-6-12(10)14(16)17/h3-6,11,15H,7-9H2,1-2H3. The molecule has 1 aromatic rings. The summed E-state index contributed by atoms with van der Waals surface area (Å²) in [5, 5.41) is 20.4. The van der Waals surface area contributed by atoms with Crippen molar-refractivity contribution in [3.05, 3.63) is 39.9 Å². The second kappa shape index (κ2) is 7.05. The Balaban J connectivity index is 2.64. The largest absolute Gasteiger partial charge is 0.389 e. The van der Waals surface area contributed by atoms with E-state index in [1.165, 1.54) is 13.2 Å². The van der Waals surface area contributed by atoms with Crippen LogP contribution >= 0.6 is 0 Å². The van der Waals surface area contributed by atoms with Gasteiger partial charge in [0.2, 0.25) is 0 Å². The number of nitro groups is 1. The zero-order valence-electron chi connectivity index (χ0n) is 10.6. The van der Waals surface area contributed by atoms with Crippen molar-refractivity contribution >= 4 is 5.69 Å². The van der Waals surface area contributed by atoms with E-state index in [0.717, 1.165) is 0 Å². The molecule has 1 rings (SSSR count). The number of aliphatic hydroxyl groups excluding tert-OH is 1. The van der Waals surface area contributed by atoms with Crippen molar-refractivity contribution in [2.75, 3.05) is 27.3 Å². The van der Waals surface area contributed by atoms with Gasteiger partial charge in [-0.3, -0.25) is 15.0 Å². The minimum Gasteiger partial charge on any atom is -0.389 e. The van der Waals surface area contributed by atoms with Crippen LogP contribution in [-0.4, -0.2) is 48.3 Å². The van der Waals surface area contributed by atoms with Gasteiger partial charge in [-0.05, 0) is 7.05 Å². The lowest BCUT2D eigenvalue weighted by atomic mass is 10.1. The quantitative estimate of drug-likeness (QED) is 0.581. The Labute approximate surface area is 106 Å². The summed E-state index contributed by atoms with van der Waals surface area (Å²) < 4.78 is 4.83. The van der Waals surface area contributed by atoms with E-state index in [9.17, 15) is 15.2 Å². The lowest BCUT2D eigenvalue weighted by Crippen LogP contribution is -2.31. The average Bonchev–Trinajstić information content (AvgIpc) is 2.29. The highest BCUT2D eigenvalue weighted by atomic mass is 16.6. The lowest BCUT2D eigenvalue weighted by molar-refractivity contribution is -0.385. The summed E-state index contributed by atoms with van der Waals surface area (Å²) in [5.41, 5.74) is 0.736. The number of likely N-dealkylation sites (N-methyl/N-ethyl adjacent to an activating group) is 1. The zero-order valence-corrected chi connectivity index (χ0v) is 10.6. The summed E-state index contributed by atoms with van der Waals surface area (Å²) in [7, 11) is 3.32. The number of para-hydroxylation sites is 1. The van der Waals surface area contributed by atoms with Gasteiger partial charge < -0.3 is 9.84 Å². The van der Waals surface area contributed by atoms with Gasteiger partial charge in [-0.15, -0.1) is 0 Å². The van der Waals surface area contributed by atoms with Crippen LogP contribution in [-0.2, 0) is 11.3 Å². The van der Waals surface area contributed by atoms with E-state index < -0.39 is 11.0 Å². The Morgan fingerprint density at radius 3 is 2.78 bits per heavy atom. The van der Waals surface area contributed by atoms with E-state index in [1.54, 1.807) is 25.2 Å². The smallest absolute Gasteiger partial charge is 0.273 e. The van der Waals surface area contributed by atoms with Crippen molar-refractivity contribution < 1.29 is 14.8 Å². The average molecular weight is 254 g/mol. The number of hydrogen-bond donors (Lipinski definition) is 1. The van der Waals surface area contributed by atoms with Crippen LogP contribution in [0.4, 0.5) is 5.69 Å². The maximum absolute atomic E-state index is 10.8. The number of rotatable bonds is 7. The highest BCUT2D eigenvalue weighted by Gasteiger charge is 2.15. The molecule has 1 aromatic carbocycles. The van der Waals surface area contributed by atoms with Crippen molar-refractivity contribution in [3.8, 4) is 0 Å². The van der Waals surface area contributed by atoms with Gasteiger partial charge in [-0.25, -0.2) is 0 Å². The van der Waals surface area contributed by atoms with Gasteiger partial charge in [0.05, 0.1) is 17.6 Å². The molecular weight excluding hydrogens is 236 g/mol. The van der Waals surface area contributed by atoms with Crippen LogP contribution in [0, 0.1) is 10.1 Å². The van der Waals surface area contributed by atoms with E-state index in [0.29, 0.717) is 18.7 Å². The molecule has 0 aliphatic carbocycles. The minimum atomic E-state index is -0.595. The molecule has 0 spiro atoms. The number of methoxy groups -OCH3 is 1. The van der Waals surface area contributed by atoms with E-state index in [2.05, 4.69) is 0 Å². The van der Waals surface area contributed by atoms with Gasteiger partial charge in [-0.2, -0.15) is 0 Å². The van der Waals surface area contributed by atoms with Crippen LogP contribution in [0.25, 0.3) is 0 Å². The Bertz CT molecular complexity index is 397. The molecule has 0 aliphatic rings. The van der Waals surface area contributed by atoms with Gasteiger partial charge >= 0.3 is 0 Å². The van der Waals surface area contributed by atoms with Crippen molar-refractivity contribution in [1.29, 1.82) is 0 Å². The first-order chi connectivity index (χ1) is 8.54. The molecule has 0 amide bonds. The summed E-state index contributed by atoms with van der Waals surface area (Å²) in [5.74, 6) is 0. The summed E-state index contributed by atoms with van der Waals surface area (Å²) >= 11 is 0. The Morgan fingerprint density at radius 1 is 1.50 bits per heavy atom. The SMILES string of the molecule is COCC(O)CN(C)Cc1ccccc1[N+](=O)[O-]. The van der Waals surface area contributed by atoms with Crippen molar-refractivity contribution in [3.63, 3.8) is 0 Å². The predicted octanol–water partition coefficient (Wildman–Crippen LogP) is 1.03. The van der Waals surface area contributed by atoms with Crippen LogP contribution in [0.15, 0.2) is 24.3 Å². The van der Waals surface area contributed by atoms with Crippen molar-refractivity contribution in [2.24, 2.45) is 0 Å². The molecule has 1 atom stereocenters. The fourth-order valence-corrected chi connectivity index (χ4v) is 1.78. The summed E-state index contributed by atoms with van der Waals surface area (Å²) in [4.78, 5) is 12.3. The minimum absolute atomic E-state index is 0.102. The normalized spacial score (nSPS) is 12.7. The number of hydrogen-bond acceptors (Lipinski definition) is 5. The third-order valence-corrected chi connectivity index (χ3v) is 2.51. The van der Waals surface area contributed by atoms with Gasteiger partial charge in [0.1, 0.15) is 0 Å². The molecular formula is C12H18N2O4. The molecule has 1 N–H and O–H groups in total. The van der Waals surface area contributed by atoms with Crippen LogP contribution < -0.4 is 0 Å². The molecule has 0 saturated heterocycles. The molecule has 0 aromatic heterocycles.